The van der Waals surface area contributed by atoms with E-state index in [4.69, 9.17) is 4.74 Å². The van der Waals surface area contributed by atoms with Crippen LogP contribution >= 0.6 is 23.5 Å². The quantitative estimate of drug-likeness (QED) is 0.321. The van der Waals surface area contributed by atoms with Gasteiger partial charge in [0.05, 0.1) is 12.2 Å². The minimum absolute atomic E-state index is 0.630. The van der Waals surface area contributed by atoms with Crippen LogP contribution in [0.5, 0.6) is 0 Å². The average Bonchev–Trinajstić information content (AvgIpc) is 3.58. The molecule has 13 unspecified atom stereocenters. The van der Waals surface area contributed by atoms with E-state index in [0.717, 1.165) is 74.6 Å². The number of thioether (sulfide) groups is 2. The molecule has 40 heavy (non-hydrogen) atoms. The highest BCUT2D eigenvalue weighted by Gasteiger charge is 2.60. The second-order valence-corrected chi connectivity index (χ2v) is 19.1. The minimum atomic E-state index is 0.630. The fourth-order valence-electron chi connectivity index (χ4n) is 13.1. The van der Waals surface area contributed by atoms with Crippen molar-refractivity contribution in [2.75, 3.05) is 0 Å². The van der Waals surface area contributed by atoms with Gasteiger partial charge in [-0.25, -0.2) is 0 Å². The molecule has 0 N–H and O–H groups in total. The van der Waals surface area contributed by atoms with Gasteiger partial charge in [0.1, 0.15) is 0 Å². The number of rotatable bonds is 2. The lowest BCUT2D eigenvalue weighted by molar-refractivity contribution is -0.00459. The van der Waals surface area contributed by atoms with Crippen molar-refractivity contribution in [2.45, 2.75) is 186 Å². The van der Waals surface area contributed by atoms with Crippen molar-refractivity contribution in [1.29, 1.82) is 0 Å². The van der Waals surface area contributed by atoms with Gasteiger partial charge in [0.15, 0.2) is 0 Å². The van der Waals surface area contributed by atoms with E-state index in [0.29, 0.717) is 12.2 Å². The zero-order valence-corrected chi connectivity index (χ0v) is 26.8. The maximum absolute atomic E-state index is 6.80. The third-order valence-corrected chi connectivity index (χ3v) is 18.4. The second kappa shape index (κ2) is 11.2. The summed E-state index contributed by atoms with van der Waals surface area (Å²) >= 11 is 5.05. The molecule has 9 rings (SSSR count). The van der Waals surface area contributed by atoms with Gasteiger partial charge < -0.3 is 4.74 Å². The van der Waals surface area contributed by atoms with Crippen LogP contribution in [-0.4, -0.2) is 56.2 Å². The van der Waals surface area contributed by atoms with E-state index < -0.39 is 0 Å². The molecule has 0 bridgehead atoms. The second-order valence-electron chi connectivity index (χ2n) is 16.2. The Hall–Kier alpha value is 0.620. The van der Waals surface area contributed by atoms with Crippen LogP contribution in [0.3, 0.4) is 0 Å². The van der Waals surface area contributed by atoms with E-state index in [9.17, 15) is 0 Å². The normalized spacial score (nSPS) is 56.2. The molecule has 6 saturated carbocycles. The van der Waals surface area contributed by atoms with Gasteiger partial charge in [-0.2, -0.15) is 23.5 Å². The SMILES string of the molecule is C1CCC2C(C1)OC1CCC3C4CCCC(C5CCC(N6C7CCCCC7SC7CCCCC76)CC5)C4SC3C12. The molecular formula is C36H57NOS2. The van der Waals surface area contributed by atoms with Gasteiger partial charge in [0.2, 0.25) is 0 Å². The third kappa shape index (κ3) is 4.47. The fraction of sp³-hybridized carbons (Fsp3) is 1.00. The monoisotopic (exact) mass is 583 g/mol. The molecule has 0 aromatic rings. The van der Waals surface area contributed by atoms with Crippen molar-refractivity contribution in [2.24, 2.45) is 35.5 Å². The molecule has 9 fully saturated rings. The number of ether oxygens (including phenoxy) is 1. The molecule has 2 nitrogen and oxygen atoms in total. The summed E-state index contributed by atoms with van der Waals surface area (Å²) in [5, 5.41) is 3.89. The first kappa shape index (κ1) is 27.0. The van der Waals surface area contributed by atoms with Crippen LogP contribution in [0.25, 0.3) is 0 Å². The topological polar surface area (TPSA) is 12.5 Å². The van der Waals surface area contributed by atoms with Crippen LogP contribution in [0.2, 0.25) is 0 Å². The summed E-state index contributed by atoms with van der Waals surface area (Å²) in [6.45, 7) is 0. The van der Waals surface area contributed by atoms with Gasteiger partial charge in [-0.15, -0.1) is 0 Å². The highest BCUT2D eigenvalue weighted by atomic mass is 32.2. The fourth-order valence-corrected chi connectivity index (χ4v) is 17.6. The first-order chi connectivity index (χ1) is 19.8. The zero-order valence-electron chi connectivity index (χ0n) is 25.2. The van der Waals surface area contributed by atoms with Gasteiger partial charge in [-0.1, -0.05) is 44.9 Å². The van der Waals surface area contributed by atoms with Crippen molar-refractivity contribution >= 4 is 23.5 Å². The maximum atomic E-state index is 6.80. The molecule has 13 atom stereocenters. The highest BCUT2D eigenvalue weighted by molar-refractivity contribution is 8.01. The van der Waals surface area contributed by atoms with E-state index in [1.807, 2.05) is 0 Å². The van der Waals surface area contributed by atoms with E-state index >= 15 is 0 Å². The first-order valence-corrected chi connectivity index (χ1v) is 20.5. The van der Waals surface area contributed by atoms with Crippen molar-refractivity contribution < 1.29 is 4.74 Å². The van der Waals surface area contributed by atoms with Crippen LogP contribution in [0.1, 0.15) is 135 Å². The lowest BCUT2D eigenvalue weighted by atomic mass is 9.62. The molecule has 224 valence electrons. The molecule has 0 amide bonds. The number of nitrogens with zero attached hydrogens (tertiary/aromatic N) is 1. The number of hydrogen-bond acceptors (Lipinski definition) is 4. The largest absolute Gasteiger partial charge is 0.374 e. The predicted molar refractivity (Wildman–Crippen MR) is 170 cm³/mol. The average molecular weight is 584 g/mol. The number of hydrogen-bond donors (Lipinski definition) is 0. The summed E-state index contributed by atoms with van der Waals surface area (Å²) in [6, 6.07) is 2.78. The third-order valence-electron chi connectivity index (χ3n) is 14.6. The van der Waals surface area contributed by atoms with E-state index in [2.05, 4.69) is 28.4 Å². The summed E-state index contributed by atoms with van der Waals surface area (Å²) in [5.41, 5.74) is 0. The van der Waals surface area contributed by atoms with Gasteiger partial charge in [-0.3, -0.25) is 4.90 Å². The summed E-state index contributed by atoms with van der Waals surface area (Å²) in [5.74, 6) is 6.01. The first-order valence-electron chi connectivity index (χ1n) is 18.6. The molecule has 0 aromatic carbocycles. The Morgan fingerprint density at radius 3 is 1.90 bits per heavy atom. The Bertz CT molecular complexity index is 883. The lowest BCUT2D eigenvalue weighted by Gasteiger charge is -2.57. The Morgan fingerprint density at radius 2 is 1.10 bits per heavy atom. The van der Waals surface area contributed by atoms with Crippen molar-refractivity contribution in [3.05, 3.63) is 0 Å². The van der Waals surface area contributed by atoms with E-state index in [-0.39, 0.29) is 0 Å². The predicted octanol–water partition coefficient (Wildman–Crippen LogP) is 9.10. The molecule has 3 heterocycles. The van der Waals surface area contributed by atoms with Crippen LogP contribution in [0.15, 0.2) is 0 Å². The Kier molecular flexibility index (Phi) is 7.56. The van der Waals surface area contributed by atoms with Crippen molar-refractivity contribution in [3.8, 4) is 0 Å². The zero-order chi connectivity index (χ0) is 26.2. The standard InChI is InChI=1S/C36H57NOS2/c1-4-13-30-27(8-1)34-31(38-30)21-20-26-25-10-7-9-24(35(25)40-36(26)34)22-16-18-23(19-17-22)37-28-11-2-5-14-32(28)39-33-15-6-3-12-29(33)37/h22-36H,1-21H2. The van der Waals surface area contributed by atoms with E-state index in [1.54, 1.807) is 32.1 Å². The summed E-state index contributed by atoms with van der Waals surface area (Å²) in [6.07, 6.45) is 32.9. The molecule has 9 aliphatic rings. The van der Waals surface area contributed by atoms with Crippen molar-refractivity contribution in [1.82, 2.24) is 4.90 Å². The molecule has 0 spiro atoms. The molecule has 3 aliphatic heterocycles. The van der Waals surface area contributed by atoms with Gasteiger partial charge in [0, 0.05) is 45.0 Å². The maximum Gasteiger partial charge on any atom is 0.0621 e. The van der Waals surface area contributed by atoms with Crippen LogP contribution in [-0.2, 0) is 4.74 Å². The minimum Gasteiger partial charge on any atom is -0.374 e. The van der Waals surface area contributed by atoms with Crippen LogP contribution in [0.4, 0.5) is 0 Å². The Morgan fingerprint density at radius 1 is 0.450 bits per heavy atom. The molecule has 4 heteroatoms. The summed E-state index contributed by atoms with van der Waals surface area (Å²) in [4.78, 5) is 3.25. The summed E-state index contributed by atoms with van der Waals surface area (Å²) < 4.78 is 6.80. The highest BCUT2D eigenvalue weighted by Crippen LogP contribution is 2.63. The van der Waals surface area contributed by atoms with Crippen LogP contribution < -0.4 is 0 Å². The number of fused-ring (bicyclic) bond motifs is 9. The van der Waals surface area contributed by atoms with Gasteiger partial charge >= 0.3 is 0 Å². The Labute approximate surface area is 254 Å². The molecular weight excluding hydrogens is 527 g/mol. The summed E-state index contributed by atoms with van der Waals surface area (Å²) in [7, 11) is 0. The van der Waals surface area contributed by atoms with E-state index in [1.165, 1.54) is 103 Å². The smallest absolute Gasteiger partial charge is 0.0621 e. The molecule has 0 radical (unpaired) electrons. The molecule has 0 aromatic heterocycles. The Balaban J connectivity index is 0.896. The van der Waals surface area contributed by atoms with Gasteiger partial charge in [0.25, 0.3) is 0 Å². The molecule has 6 aliphatic carbocycles. The van der Waals surface area contributed by atoms with Crippen LogP contribution in [0, 0.1) is 35.5 Å². The van der Waals surface area contributed by atoms with Crippen molar-refractivity contribution in [3.63, 3.8) is 0 Å². The molecule has 3 saturated heterocycles. The van der Waals surface area contributed by atoms with Gasteiger partial charge in [-0.05, 0) is 119 Å². The lowest BCUT2D eigenvalue weighted by Crippen LogP contribution is -2.62.